The van der Waals surface area contributed by atoms with Crippen LogP contribution in [0.5, 0.6) is 0 Å². The van der Waals surface area contributed by atoms with Crippen LogP contribution in [-0.2, 0) is 0 Å². The van der Waals surface area contributed by atoms with Crippen molar-refractivity contribution in [2.75, 3.05) is 13.2 Å². The molecule has 4 nitrogen and oxygen atoms in total. The number of hydrogen-bond acceptors (Lipinski definition) is 4. The van der Waals surface area contributed by atoms with Crippen molar-refractivity contribution in [2.24, 2.45) is 0 Å². The smallest absolute Gasteiger partial charge is 0.0920 e. The third-order valence-electron chi connectivity index (χ3n) is 1.37. The average Bonchev–Trinajstić information content (AvgIpc) is 1.85. The van der Waals surface area contributed by atoms with Gasteiger partial charge in [-0.1, -0.05) is 0 Å². The lowest BCUT2D eigenvalue weighted by Gasteiger charge is -2.30. The quantitative estimate of drug-likeness (QED) is 0.505. The molecule has 0 aromatic heterocycles. The van der Waals surface area contributed by atoms with Gasteiger partial charge in [-0.15, -0.1) is 0 Å². The minimum Gasteiger partial charge on any atom is -0.394 e. The number of β-amino-alcohol motifs (C(OH)–C–C–N with tert-alkyl or cyclic N) is 1. The van der Waals surface area contributed by atoms with Gasteiger partial charge in [-0.2, -0.15) is 5.06 Å². The SMILES string of the molecule is CC(C)(C)N(O)CC(O)CO. The standard InChI is InChI=1S/C7H17NO3/c1-7(2,3)8(11)4-6(10)5-9/h6,9-11H,4-5H2,1-3H3. The van der Waals surface area contributed by atoms with Crippen LogP contribution in [0.1, 0.15) is 20.8 Å². The summed E-state index contributed by atoms with van der Waals surface area (Å²) in [6.45, 7) is 5.19. The van der Waals surface area contributed by atoms with E-state index >= 15 is 0 Å². The van der Waals surface area contributed by atoms with Crippen molar-refractivity contribution in [1.82, 2.24) is 5.06 Å². The molecule has 0 heterocycles. The second-order valence-electron chi connectivity index (χ2n) is 3.59. The largest absolute Gasteiger partial charge is 0.394 e. The van der Waals surface area contributed by atoms with Crippen LogP contribution in [0.2, 0.25) is 0 Å². The maximum Gasteiger partial charge on any atom is 0.0920 e. The number of hydrogen-bond donors (Lipinski definition) is 3. The summed E-state index contributed by atoms with van der Waals surface area (Å²) in [6.07, 6.45) is -0.876. The van der Waals surface area contributed by atoms with E-state index in [9.17, 15) is 5.21 Å². The average molecular weight is 163 g/mol. The normalized spacial score (nSPS) is 15.5. The van der Waals surface area contributed by atoms with Gasteiger partial charge >= 0.3 is 0 Å². The highest BCUT2D eigenvalue weighted by Crippen LogP contribution is 2.09. The second kappa shape index (κ2) is 4.01. The van der Waals surface area contributed by atoms with Crippen LogP contribution >= 0.6 is 0 Å². The molecule has 1 unspecified atom stereocenters. The fourth-order valence-corrected chi connectivity index (χ4v) is 0.531. The molecule has 0 rings (SSSR count). The summed E-state index contributed by atoms with van der Waals surface area (Å²) >= 11 is 0. The highest BCUT2D eigenvalue weighted by molar-refractivity contribution is 4.71. The van der Waals surface area contributed by atoms with E-state index in [0.29, 0.717) is 0 Å². The van der Waals surface area contributed by atoms with Gasteiger partial charge in [0.1, 0.15) is 0 Å². The number of aliphatic hydroxyl groups is 2. The van der Waals surface area contributed by atoms with Gasteiger partial charge in [-0.3, -0.25) is 0 Å². The van der Waals surface area contributed by atoms with E-state index in [1.807, 2.05) is 20.8 Å². The van der Waals surface area contributed by atoms with E-state index in [1.165, 1.54) is 0 Å². The Bertz CT molecular complexity index is 111. The number of nitrogens with zero attached hydrogens (tertiary/aromatic N) is 1. The summed E-state index contributed by atoms with van der Waals surface area (Å²) in [4.78, 5) is 0. The molecule has 0 saturated heterocycles. The van der Waals surface area contributed by atoms with Crippen molar-refractivity contribution < 1.29 is 15.4 Å². The molecule has 0 amide bonds. The predicted molar refractivity (Wildman–Crippen MR) is 41.3 cm³/mol. The molecule has 11 heavy (non-hydrogen) atoms. The van der Waals surface area contributed by atoms with Gasteiger partial charge in [0, 0.05) is 5.54 Å². The van der Waals surface area contributed by atoms with Crippen LogP contribution in [-0.4, -0.2) is 45.3 Å². The Balaban J connectivity index is 3.77. The zero-order chi connectivity index (χ0) is 9.07. The number of aliphatic hydroxyl groups excluding tert-OH is 2. The van der Waals surface area contributed by atoms with Crippen molar-refractivity contribution in [3.8, 4) is 0 Å². The monoisotopic (exact) mass is 163 g/mol. The molecule has 0 bridgehead atoms. The lowest BCUT2D eigenvalue weighted by molar-refractivity contribution is -0.174. The fourth-order valence-electron chi connectivity index (χ4n) is 0.531. The molecule has 1 atom stereocenters. The Morgan fingerprint density at radius 2 is 1.82 bits per heavy atom. The molecule has 0 aromatic carbocycles. The van der Waals surface area contributed by atoms with Crippen molar-refractivity contribution in [3.63, 3.8) is 0 Å². The van der Waals surface area contributed by atoms with Crippen molar-refractivity contribution in [2.45, 2.75) is 32.4 Å². The molecular weight excluding hydrogens is 146 g/mol. The van der Waals surface area contributed by atoms with E-state index in [4.69, 9.17) is 10.2 Å². The Morgan fingerprint density at radius 3 is 2.09 bits per heavy atom. The minimum atomic E-state index is -0.876. The van der Waals surface area contributed by atoms with Crippen LogP contribution in [0.15, 0.2) is 0 Å². The molecule has 68 valence electrons. The molecule has 3 N–H and O–H groups in total. The molecule has 0 aromatic rings. The first kappa shape index (κ1) is 10.8. The molecule has 0 saturated carbocycles. The summed E-state index contributed by atoms with van der Waals surface area (Å²) in [7, 11) is 0. The Labute approximate surface area is 67.0 Å². The molecule has 4 heteroatoms. The van der Waals surface area contributed by atoms with Crippen LogP contribution in [0.25, 0.3) is 0 Å². The van der Waals surface area contributed by atoms with Crippen molar-refractivity contribution in [3.05, 3.63) is 0 Å². The maximum absolute atomic E-state index is 9.25. The Kier molecular flexibility index (Phi) is 3.96. The molecule has 0 aliphatic rings. The van der Waals surface area contributed by atoms with Crippen molar-refractivity contribution >= 4 is 0 Å². The molecule has 0 spiro atoms. The second-order valence-corrected chi connectivity index (χ2v) is 3.59. The third-order valence-corrected chi connectivity index (χ3v) is 1.37. The minimum absolute atomic E-state index is 0.0694. The lowest BCUT2D eigenvalue weighted by atomic mass is 10.1. The molecular formula is C7H17NO3. The van der Waals surface area contributed by atoms with Crippen molar-refractivity contribution in [1.29, 1.82) is 0 Å². The van der Waals surface area contributed by atoms with Gasteiger partial charge in [0.2, 0.25) is 0 Å². The predicted octanol–water partition coefficient (Wildman–Crippen LogP) is -0.171. The molecule has 0 aliphatic heterocycles. The van der Waals surface area contributed by atoms with E-state index in [0.717, 1.165) is 5.06 Å². The molecule has 0 aliphatic carbocycles. The van der Waals surface area contributed by atoms with Gasteiger partial charge in [-0.25, -0.2) is 0 Å². The molecule has 0 radical (unpaired) electrons. The summed E-state index contributed by atoms with van der Waals surface area (Å²) in [5.74, 6) is 0. The fraction of sp³-hybridized carbons (Fsp3) is 1.00. The highest BCUT2D eigenvalue weighted by Gasteiger charge is 2.21. The summed E-state index contributed by atoms with van der Waals surface area (Å²) in [5, 5.41) is 27.7. The van der Waals surface area contributed by atoms with E-state index < -0.39 is 11.6 Å². The lowest BCUT2D eigenvalue weighted by Crippen LogP contribution is -2.43. The Morgan fingerprint density at radius 1 is 1.36 bits per heavy atom. The van der Waals surface area contributed by atoms with Gasteiger partial charge in [-0.05, 0) is 20.8 Å². The van der Waals surface area contributed by atoms with Gasteiger partial charge < -0.3 is 15.4 Å². The van der Waals surface area contributed by atoms with Gasteiger partial charge in [0.05, 0.1) is 19.3 Å². The van der Waals surface area contributed by atoms with Crippen LogP contribution in [0, 0.1) is 0 Å². The number of rotatable bonds is 3. The van der Waals surface area contributed by atoms with Crippen LogP contribution < -0.4 is 0 Å². The van der Waals surface area contributed by atoms with E-state index in [-0.39, 0.29) is 13.2 Å². The molecule has 0 fully saturated rings. The first-order valence-corrected chi connectivity index (χ1v) is 3.63. The third kappa shape index (κ3) is 4.31. The first-order chi connectivity index (χ1) is 4.88. The number of hydroxylamine groups is 2. The summed E-state index contributed by atoms with van der Waals surface area (Å²) < 4.78 is 0. The maximum atomic E-state index is 9.25. The van der Waals surface area contributed by atoms with E-state index in [2.05, 4.69) is 0 Å². The zero-order valence-corrected chi connectivity index (χ0v) is 7.28. The summed E-state index contributed by atoms with van der Waals surface area (Å²) in [6, 6.07) is 0. The highest BCUT2D eigenvalue weighted by atomic mass is 16.5. The van der Waals surface area contributed by atoms with Gasteiger partial charge in [0.15, 0.2) is 0 Å². The summed E-state index contributed by atoms with van der Waals surface area (Å²) in [5.41, 5.74) is -0.393. The van der Waals surface area contributed by atoms with E-state index in [1.54, 1.807) is 0 Å². The zero-order valence-electron chi connectivity index (χ0n) is 7.28. The first-order valence-electron chi connectivity index (χ1n) is 3.63. The van der Waals surface area contributed by atoms with Crippen LogP contribution in [0.3, 0.4) is 0 Å². The van der Waals surface area contributed by atoms with Gasteiger partial charge in [0.25, 0.3) is 0 Å². The van der Waals surface area contributed by atoms with Crippen LogP contribution in [0.4, 0.5) is 0 Å². The Hall–Kier alpha value is -0.160. The topological polar surface area (TPSA) is 63.9 Å².